The molecule has 3 rings (SSSR count). The summed E-state index contributed by atoms with van der Waals surface area (Å²) in [6.07, 6.45) is 1.04. The maximum atomic E-state index is 12.4. The summed E-state index contributed by atoms with van der Waals surface area (Å²) >= 11 is 7.72. The average molecular weight is 354 g/mol. The van der Waals surface area contributed by atoms with Crippen molar-refractivity contribution in [2.24, 2.45) is 0 Å². The number of carbonyl (C=O) groups is 1. The minimum atomic E-state index is 0.178. The molecule has 5 nitrogen and oxygen atoms in total. The van der Waals surface area contributed by atoms with E-state index < -0.39 is 0 Å². The molecule has 1 aliphatic heterocycles. The van der Waals surface area contributed by atoms with Gasteiger partial charge in [0.05, 0.1) is 5.69 Å². The molecule has 7 heteroatoms. The Morgan fingerprint density at radius 3 is 2.78 bits per heavy atom. The number of carbonyl (C=O) groups excluding carboxylic acids is 1. The van der Waals surface area contributed by atoms with E-state index in [1.807, 2.05) is 11.8 Å². The lowest BCUT2D eigenvalue weighted by atomic mass is 10.1. The first-order chi connectivity index (χ1) is 11.1. The molecular weight excluding hydrogens is 334 g/mol. The van der Waals surface area contributed by atoms with E-state index in [1.54, 1.807) is 11.3 Å². The summed E-state index contributed by atoms with van der Waals surface area (Å²) < 4.78 is 4.92. The summed E-state index contributed by atoms with van der Waals surface area (Å²) in [6.45, 7) is 6.27. The van der Waals surface area contributed by atoms with Crippen molar-refractivity contribution >= 4 is 28.8 Å². The van der Waals surface area contributed by atoms with Crippen LogP contribution in [0.15, 0.2) is 22.0 Å². The highest BCUT2D eigenvalue weighted by atomic mass is 35.5. The number of hydrogen-bond acceptors (Lipinski definition) is 5. The molecule has 2 aromatic heterocycles. The van der Waals surface area contributed by atoms with Crippen LogP contribution in [-0.2, 0) is 17.8 Å². The van der Waals surface area contributed by atoms with Crippen LogP contribution in [0, 0.1) is 6.92 Å². The zero-order valence-corrected chi connectivity index (χ0v) is 14.7. The fourth-order valence-electron chi connectivity index (χ4n) is 2.81. The quantitative estimate of drug-likeness (QED) is 0.829. The van der Waals surface area contributed by atoms with Gasteiger partial charge in [0.15, 0.2) is 0 Å². The number of amides is 1. The molecular formula is C16H20ClN3O2S. The Hall–Kier alpha value is -1.37. The molecule has 1 saturated heterocycles. The minimum Gasteiger partial charge on any atom is -0.344 e. The van der Waals surface area contributed by atoms with E-state index in [0.717, 1.165) is 44.0 Å². The maximum absolute atomic E-state index is 12.4. The molecule has 0 spiro atoms. The lowest BCUT2D eigenvalue weighted by Crippen LogP contribution is -2.48. The third-order valence-electron chi connectivity index (χ3n) is 4.21. The van der Waals surface area contributed by atoms with Crippen LogP contribution in [0.1, 0.15) is 22.6 Å². The number of nitrogens with zero attached hydrogens (tertiary/aromatic N) is 3. The van der Waals surface area contributed by atoms with Gasteiger partial charge in [-0.15, -0.1) is 11.3 Å². The SMILES string of the molecule is Cc1noc(Cl)c1CCC(=O)N1CCN(Cc2cccs2)CC1. The van der Waals surface area contributed by atoms with Crippen LogP contribution in [0.25, 0.3) is 0 Å². The summed E-state index contributed by atoms with van der Waals surface area (Å²) in [7, 11) is 0. The average Bonchev–Trinajstić information content (AvgIpc) is 3.17. The van der Waals surface area contributed by atoms with Gasteiger partial charge >= 0.3 is 0 Å². The number of hydrogen-bond donors (Lipinski definition) is 0. The van der Waals surface area contributed by atoms with E-state index in [9.17, 15) is 4.79 Å². The molecule has 0 N–H and O–H groups in total. The second kappa shape index (κ2) is 7.47. The summed E-state index contributed by atoms with van der Waals surface area (Å²) in [5.41, 5.74) is 1.61. The van der Waals surface area contributed by atoms with Gasteiger partial charge in [0, 0.05) is 49.6 Å². The Bertz CT molecular complexity index is 629. The van der Waals surface area contributed by atoms with Crippen molar-refractivity contribution in [1.82, 2.24) is 15.0 Å². The van der Waals surface area contributed by atoms with E-state index >= 15 is 0 Å². The second-order valence-electron chi connectivity index (χ2n) is 5.76. The van der Waals surface area contributed by atoms with E-state index in [1.165, 1.54) is 4.88 Å². The number of aryl methyl sites for hydroxylation is 1. The van der Waals surface area contributed by atoms with Gasteiger partial charge in [-0.1, -0.05) is 11.2 Å². The molecule has 0 aromatic carbocycles. The van der Waals surface area contributed by atoms with Gasteiger partial charge in [-0.05, 0) is 36.4 Å². The first-order valence-corrected chi connectivity index (χ1v) is 9.02. The van der Waals surface area contributed by atoms with Crippen LogP contribution < -0.4 is 0 Å². The van der Waals surface area contributed by atoms with Gasteiger partial charge in [0.1, 0.15) is 0 Å². The van der Waals surface area contributed by atoms with E-state index in [2.05, 4.69) is 27.6 Å². The minimum absolute atomic E-state index is 0.178. The third kappa shape index (κ3) is 4.13. The molecule has 23 heavy (non-hydrogen) atoms. The fourth-order valence-corrected chi connectivity index (χ4v) is 3.82. The van der Waals surface area contributed by atoms with Gasteiger partial charge in [-0.2, -0.15) is 0 Å². The predicted octanol–water partition coefficient (Wildman–Crippen LogP) is 2.97. The number of piperazine rings is 1. The van der Waals surface area contributed by atoms with Crippen molar-refractivity contribution in [3.8, 4) is 0 Å². The monoisotopic (exact) mass is 353 g/mol. The topological polar surface area (TPSA) is 49.6 Å². The first kappa shape index (κ1) is 16.5. The Morgan fingerprint density at radius 2 is 2.17 bits per heavy atom. The molecule has 124 valence electrons. The van der Waals surface area contributed by atoms with Crippen LogP contribution >= 0.6 is 22.9 Å². The van der Waals surface area contributed by atoms with Crippen LogP contribution in [-0.4, -0.2) is 47.0 Å². The van der Waals surface area contributed by atoms with E-state index in [0.29, 0.717) is 18.1 Å². The molecule has 0 radical (unpaired) electrons. The Morgan fingerprint density at radius 1 is 1.39 bits per heavy atom. The molecule has 1 fully saturated rings. The fraction of sp³-hybridized carbons (Fsp3) is 0.500. The van der Waals surface area contributed by atoms with E-state index in [-0.39, 0.29) is 5.91 Å². The molecule has 0 unspecified atom stereocenters. The second-order valence-corrected chi connectivity index (χ2v) is 7.13. The predicted molar refractivity (Wildman–Crippen MR) is 90.7 cm³/mol. The molecule has 0 atom stereocenters. The van der Waals surface area contributed by atoms with Crippen molar-refractivity contribution in [1.29, 1.82) is 0 Å². The number of halogens is 1. The summed E-state index contributed by atoms with van der Waals surface area (Å²) in [4.78, 5) is 18.1. The Kier molecular flexibility index (Phi) is 5.35. The highest BCUT2D eigenvalue weighted by Gasteiger charge is 2.22. The largest absolute Gasteiger partial charge is 0.344 e. The molecule has 0 bridgehead atoms. The van der Waals surface area contributed by atoms with Crippen molar-refractivity contribution in [2.45, 2.75) is 26.3 Å². The lowest BCUT2D eigenvalue weighted by molar-refractivity contribution is -0.132. The summed E-state index contributed by atoms with van der Waals surface area (Å²) in [6, 6.07) is 4.24. The van der Waals surface area contributed by atoms with Crippen molar-refractivity contribution < 1.29 is 9.32 Å². The van der Waals surface area contributed by atoms with E-state index in [4.69, 9.17) is 16.1 Å². The van der Waals surface area contributed by atoms with Gasteiger partial charge in [-0.3, -0.25) is 9.69 Å². The van der Waals surface area contributed by atoms with Crippen LogP contribution in [0.2, 0.25) is 5.22 Å². The van der Waals surface area contributed by atoms with Gasteiger partial charge in [0.2, 0.25) is 11.1 Å². The summed E-state index contributed by atoms with van der Waals surface area (Å²) in [5.74, 6) is 0.178. The van der Waals surface area contributed by atoms with Gasteiger partial charge in [-0.25, -0.2) is 0 Å². The highest BCUT2D eigenvalue weighted by molar-refractivity contribution is 7.09. The standard InChI is InChI=1S/C16H20ClN3O2S/c1-12-14(16(17)22-18-12)4-5-15(21)20-8-6-19(7-9-20)11-13-3-2-10-23-13/h2-3,10H,4-9,11H2,1H3. The van der Waals surface area contributed by atoms with Crippen LogP contribution in [0.4, 0.5) is 0 Å². The molecule has 3 heterocycles. The lowest BCUT2D eigenvalue weighted by Gasteiger charge is -2.34. The summed E-state index contributed by atoms with van der Waals surface area (Å²) in [5, 5.41) is 6.22. The highest BCUT2D eigenvalue weighted by Crippen LogP contribution is 2.21. The molecule has 0 aliphatic carbocycles. The Balaban J connectivity index is 1.45. The van der Waals surface area contributed by atoms with Crippen LogP contribution in [0.5, 0.6) is 0 Å². The maximum Gasteiger partial charge on any atom is 0.229 e. The third-order valence-corrected chi connectivity index (χ3v) is 5.37. The zero-order chi connectivity index (χ0) is 16.2. The normalized spacial score (nSPS) is 16.0. The number of aromatic nitrogens is 1. The van der Waals surface area contributed by atoms with Crippen LogP contribution in [0.3, 0.4) is 0 Å². The zero-order valence-electron chi connectivity index (χ0n) is 13.1. The smallest absolute Gasteiger partial charge is 0.229 e. The number of thiophene rings is 1. The molecule has 2 aromatic rings. The molecule has 1 amide bonds. The van der Waals surface area contributed by atoms with Crippen molar-refractivity contribution in [3.63, 3.8) is 0 Å². The first-order valence-electron chi connectivity index (χ1n) is 7.76. The number of rotatable bonds is 5. The van der Waals surface area contributed by atoms with Gasteiger partial charge in [0.25, 0.3) is 0 Å². The molecule has 0 saturated carbocycles. The van der Waals surface area contributed by atoms with Gasteiger partial charge < -0.3 is 9.42 Å². The van der Waals surface area contributed by atoms with Crippen molar-refractivity contribution in [3.05, 3.63) is 38.9 Å². The van der Waals surface area contributed by atoms with Crippen molar-refractivity contribution in [2.75, 3.05) is 26.2 Å². The molecule has 1 aliphatic rings. The Labute approximate surface area is 144 Å².